The molecule has 4 rings (SSSR count). The number of amides is 2. The average Bonchev–Trinajstić information content (AvgIpc) is 3.08. The number of hydrogen-bond acceptors (Lipinski definition) is 3. The van der Waals surface area contributed by atoms with E-state index in [2.05, 4.69) is 10.3 Å². The van der Waals surface area contributed by atoms with Crippen molar-refractivity contribution >= 4 is 17.5 Å². The van der Waals surface area contributed by atoms with Gasteiger partial charge in [0, 0.05) is 23.8 Å². The van der Waals surface area contributed by atoms with E-state index >= 15 is 0 Å². The lowest BCUT2D eigenvalue weighted by molar-refractivity contribution is 0.0945. The first-order chi connectivity index (χ1) is 14.0. The van der Waals surface area contributed by atoms with Crippen molar-refractivity contribution in [2.45, 2.75) is 25.9 Å². The molecule has 0 aliphatic carbocycles. The van der Waals surface area contributed by atoms with Crippen LogP contribution in [0.2, 0.25) is 0 Å². The van der Waals surface area contributed by atoms with Crippen molar-refractivity contribution in [1.29, 1.82) is 0 Å². The summed E-state index contributed by atoms with van der Waals surface area (Å²) in [5, 5.41) is 2.65. The number of carbonyl (C=O) groups excluding carboxylic acids is 2. The zero-order valence-corrected chi connectivity index (χ0v) is 15.9. The Morgan fingerprint density at radius 1 is 1.03 bits per heavy atom. The molecule has 2 heterocycles. The van der Waals surface area contributed by atoms with Gasteiger partial charge in [0.2, 0.25) is 0 Å². The molecule has 0 spiro atoms. The summed E-state index contributed by atoms with van der Waals surface area (Å²) in [6, 6.07) is 18.8. The second-order valence-electron chi connectivity index (χ2n) is 7.04. The van der Waals surface area contributed by atoms with Gasteiger partial charge in [-0.15, -0.1) is 0 Å². The smallest absolute Gasteiger partial charge is 0.277 e. The molecule has 3 aromatic rings. The van der Waals surface area contributed by atoms with Crippen molar-refractivity contribution in [2.24, 2.45) is 0 Å². The molecule has 2 amide bonds. The zero-order valence-electron chi connectivity index (χ0n) is 15.9. The van der Waals surface area contributed by atoms with Crippen molar-refractivity contribution in [3.63, 3.8) is 0 Å². The number of aromatic nitrogens is 1. The number of carbonyl (C=O) groups is 2. The van der Waals surface area contributed by atoms with Crippen molar-refractivity contribution in [1.82, 2.24) is 10.3 Å². The second-order valence-corrected chi connectivity index (χ2v) is 7.04. The third-order valence-corrected chi connectivity index (χ3v) is 5.02. The molecule has 6 heteroatoms. The number of hydrogen-bond donors (Lipinski definition) is 1. The van der Waals surface area contributed by atoms with Gasteiger partial charge in [0.15, 0.2) is 0 Å². The van der Waals surface area contributed by atoms with Crippen LogP contribution in [0.3, 0.4) is 0 Å². The topological polar surface area (TPSA) is 62.3 Å². The highest BCUT2D eigenvalue weighted by atomic mass is 19.1. The number of nitrogens with zero attached hydrogens (tertiary/aromatic N) is 2. The third kappa shape index (κ3) is 3.74. The number of nitrogens with one attached hydrogen (secondary N) is 1. The van der Waals surface area contributed by atoms with Gasteiger partial charge in [0.1, 0.15) is 17.2 Å². The molecule has 5 nitrogen and oxygen atoms in total. The molecule has 1 aliphatic heterocycles. The molecule has 0 fully saturated rings. The maximum Gasteiger partial charge on any atom is 0.277 e. The molecule has 1 N–H and O–H groups in total. The first kappa shape index (κ1) is 18.8. The minimum absolute atomic E-state index is 0.0141. The number of benzene rings is 2. The van der Waals surface area contributed by atoms with E-state index in [9.17, 15) is 14.0 Å². The maximum atomic E-state index is 13.7. The molecular formula is C23H20FN3O2. The average molecular weight is 389 g/mol. The minimum atomic E-state index is -0.460. The predicted octanol–water partition coefficient (Wildman–Crippen LogP) is 3.74. The lowest BCUT2D eigenvalue weighted by atomic mass is 10.1. The normalized spacial score (nSPS) is 15.1. The molecule has 0 saturated heterocycles. The summed E-state index contributed by atoms with van der Waals surface area (Å²) >= 11 is 0. The van der Waals surface area contributed by atoms with Gasteiger partial charge in [-0.3, -0.25) is 9.59 Å². The predicted molar refractivity (Wildman–Crippen MR) is 108 cm³/mol. The van der Waals surface area contributed by atoms with E-state index in [1.165, 1.54) is 12.1 Å². The number of para-hydroxylation sites is 1. The van der Waals surface area contributed by atoms with E-state index in [4.69, 9.17) is 0 Å². The number of fused-ring (bicyclic) bond motifs is 1. The summed E-state index contributed by atoms with van der Waals surface area (Å²) in [5.41, 5.74) is 2.70. The van der Waals surface area contributed by atoms with Crippen LogP contribution in [0.1, 0.15) is 39.0 Å². The van der Waals surface area contributed by atoms with Gasteiger partial charge < -0.3 is 10.2 Å². The Bertz CT molecular complexity index is 1080. The molecule has 1 atom stereocenters. The zero-order chi connectivity index (χ0) is 20.4. The van der Waals surface area contributed by atoms with Crippen LogP contribution in [-0.4, -0.2) is 22.8 Å². The molecule has 0 bridgehead atoms. The summed E-state index contributed by atoms with van der Waals surface area (Å²) in [6.07, 6.45) is 0.782. The van der Waals surface area contributed by atoms with Gasteiger partial charge in [0.25, 0.3) is 11.8 Å². The van der Waals surface area contributed by atoms with Crippen molar-refractivity contribution in [3.8, 4) is 0 Å². The van der Waals surface area contributed by atoms with Crippen LogP contribution in [0, 0.1) is 5.82 Å². The highest BCUT2D eigenvalue weighted by Crippen LogP contribution is 2.32. The Morgan fingerprint density at radius 3 is 2.59 bits per heavy atom. The summed E-state index contributed by atoms with van der Waals surface area (Å²) in [4.78, 5) is 31.6. The number of pyridine rings is 1. The first-order valence-electron chi connectivity index (χ1n) is 9.44. The van der Waals surface area contributed by atoms with E-state index in [1.54, 1.807) is 35.2 Å². The van der Waals surface area contributed by atoms with E-state index in [0.717, 1.165) is 17.7 Å². The Hall–Kier alpha value is -3.54. The van der Waals surface area contributed by atoms with Crippen LogP contribution < -0.4 is 10.2 Å². The third-order valence-electron chi connectivity index (χ3n) is 5.02. The first-order valence-corrected chi connectivity index (χ1v) is 9.44. The Morgan fingerprint density at radius 2 is 1.76 bits per heavy atom. The molecule has 29 heavy (non-hydrogen) atoms. The number of halogens is 1. The Balaban J connectivity index is 1.52. The molecular weight excluding hydrogens is 369 g/mol. The Kier molecular flexibility index (Phi) is 5.08. The number of anilines is 1. The summed E-state index contributed by atoms with van der Waals surface area (Å²) in [7, 11) is 0. The summed E-state index contributed by atoms with van der Waals surface area (Å²) in [5.74, 6) is -1.09. The van der Waals surface area contributed by atoms with Crippen LogP contribution in [0.4, 0.5) is 10.1 Å². The summed E-state index contributed by atoms with van der Waals surface area (Å²) < 4.78 is 13.7. The number of rotatable bonds is 4. The second kappa shape index (κ2) is 7.83. The van der Waals surface area contributed by atoms with Crippen molar-refractivity contribution < 1.29 is 14.0 Å². The fraction of sp³-hybridized carbons (Fsp3) is 0.174. The van der Waals surface area contributed by atoms with Crippen LogP contribution in [0.25, 0.3) is 0 Å². The van der Waals surface area contributed by atoms with Gasteiger partial charge >= 0.3 is 0 Å². The van der Waals surface area contributed by atoms with Gasteiger partial charge in [-0.2, -0.15) is 0 Å². The monoisotopic (exact) mass is 389 g/mol. The molecule has 0 radical (unpaired) electrons. The van der Waals surface area contributed by atoms with Gasteiger partial charge in [0.05, 0.1) is 0 Å². The van der Waals surface area contributed by atoms with Crippen LogP contribution in [-0.2, 0) is 13.0 Å². The van der Waals surface area contributed by atoms with E-state index in [0.29, 0.717) is 5.56 Å². The lowest BCUT2D eigenvalue weighted by Crippen LogP contribution is -2.36. The molecule has 2 aromatic carbocycles. The molecule has 0 saturated carbocycles. The van der Waals surface area contributed by atoms with Gasteiger partial charge in [-0.25, -0.2) is 9.37 Å². The fourth-order valence-electron chi connectivity index (χ4n) is 3.59. The van der Waals surface area contributed by atoms with Crippen LogP contribution >= 0.6 is 0 Å². The largest absolute Gasteiger partial charge is 0.347 e. The van der Waals surface area contributed by atoms with Gasteiger partial charge in [-0.1, -0.05) is 42.5 Å². The lowest BCUT2D eigenvalue weighted by Gasteiger charge is -2.22. The Labute approximate surface area is 168 Å². The highest BCUT2D eigenvalue weighted by molar-refractivity contribution is 6.07. The summed E-state index contributed by atoms with van der Waals surface area (Å²) in [6.45, 7) is 2.03. The molecule has 1 aromatic heterocycles. The minimum Gasteiger partial charge on any atom is -0.347 e. The molecule has 1 aliphatic rings. The maximum absolute atomic E-state index is 13.7. The van der Waals surface area contributed by atoms with Crippen LogP contribution in [0.15, 0.2) is 66.7 Å². The molecule has 1 unspecified atom stereocenters. The quantitative estimate of drug-likeness (QED) is 0.739. The van der Waals surface area contributed by atoms with E-state index in [-0.39, 0.29) is 35.7 Å². The van der Waals surface area contributed by atoms with Crippen molar-refractivity contribution in [2.75, 3.05) is 4.90 Å². The highest BCUT2D eigenvalue weighted by Gasteiger charge is 2.32. The molecule has 146 valence electrons. The van der Waals surface area contributed by atoms with Crippen molar-refractivity contribution in [3.05, 3.63) is 95.1 Å². The SMILES string of the molecule is CC1Cc2ccccc2N1C(=O)c1cccc(C(=O)NCc2ccccc2F)n1. The van der Waals surface area contributed by atoms with E-state index < -0.39 is 5.91 Å². The fourth-order valence-corrected chi connectivity index (χ4v) is 3.59. The standard InChI is InChI=1S/C23H20FN3O2/c1-15-13-16-7-3-5-12-21(16)27(15)23(29)20-11-6-10-19(26-20)22(28)25-14-17-8-2-4-9-18(17)24/h2-12,15H,13-14H2,1H3,(H,25,28). The van der Waals surface area contributed by atoms with E-state index in [1.807, 2.05) is 31.2 Å². The van der Waals surface area contributed by atoms with Gasteiger partial charge in [-0.05, 0) is 43.2 Å². The van der Waals surface area contributed by atoms with Crippen LogP contribution in [0.5, 0.6) is 0 Å².